The topological polar surface area (TPSA) is 35.5 Å². The molecule has 1 aromatic carbocycles. The first-order valence-electron chi connectivity index (χ1n) is 4.35. The van der Waals surface area contributed by atoms with Gasteiger partial charge >= 0.3 is 0 Å². The Morgan fingerprint density at radius 1 is 1.47 bits per heavy atom. The monoisotopic (exact) mass is 246 g/mol. The third-order valence-corrected chi connectivity index (χ3v) is 2.73. The fourth-order valence-electron chi connectivity index (χ4n) is 1.05. The number of benzene rings is 1. The fourth-order valence-corrected chi connectivity index (χ4v) is 1.73. The molecule has 0 heterocycles. The van der Waals surface area contributed by atoms with E-state index in [0.29, 0.717) is 35.8 Å². The summed E-state index contributed by atoms with van der Waals surface area (Å²) in [5.74, 6) is 0.502. The number of hydrogen-bond acceptors (Lipinski definition) is 3. The van der Waals surface area contributed by atoms with Crippen molar-refractivity contribution >= 4 is 32.4 Å². The molecule has 0 saturated carbocycles. The minimum absolute atomic E-state index is 0.341. The Hall–Kier alpha value is -0.630. The van der Waals surface area contributed by atoms with Crippen molar-refractivity contribution in [1.29, 1.82) is 0 Å². The molecule has 0 saturated heterocycles. The Kier molecular flexibility index (Phi) is 5.03. The molecule has 1 atom stereocenters. The van der Waals surface area contributed by atoms with Gasteiger partial charge in [0.25, 0.3) is 0 Å². The van der Waals surface area contributed by atoms with Crippen molar-refractivity contribution < 1.29 is 14.3 Å². The van der Waals surface area contributed by atoms with Crippen molar-refractivity contribution in [2.75, 3.05) is 20.3 Å². The van der Waals surface area contributed by atoms with Gasteiger partial charge in [-0.3, -0.25) is 4.79 Å². The molecule has 1 rings (SSSR count). The number of aldehydes is 1. The molecule has 0 radical (unpaired) electrons. The van der Waals surface area contributed by atoms with Crippen LogP contribution in [0.25, 0.3) is 0 Å². The highest BCUT2D eigenvalue weighted by Gasteiger charge is 2.09. The number of carbonyl (C=O) groups excluding carboxylic acids is 1. The Labute approximate surface area is 95.9 Å². The van der Waals surface area contributed by atoms with Crippen LogP contribution in [0.2, 0.25) is 5.02 Å². The predicted octanol–water partition coefficient (Wildman–Crippen LogP) is 1.68. The summed E-state index contributed by atoms with van der Waals surface area (Å²) in [5, 5.41) is 1.10. The van der Waals surface area contributed by atoms with Gasteiger partial charge in [-0.15, -0.1) is 9.24 Å². The van der Waals surface area contributed by atoms with Crippen LogP contribution in [0, 0.1) is 0 Å². The first-order chi connectivity index (χ1) is 7.20. The van der Waals surface area contributed by atoms with E-state index in [9.17, 15) is 4.79 Å². The van der Waals surface area contributed by atoms with Crippen LogP contribution in [-0.2, 0) is 4.74 Å². The van der Waals surface area contributed by atoms with Gasteiger partial charge in [-0.1, -0.05) is 17.7 Å². The van der Waals surface area contributed by atoms with E-state index in [1.807, 2.05) is 0 Å². The SMILES string of the molecule is COCCOc1ccc(P)c(C=O)c1Cl. The van der Waals surface area contributed by atoms with Crippen LogP contribution in [0.5, 0.6) is 5.75 Å². The average Bonchev–Trinajstić information content (AvgIpc) is 2.22. The minimum Gasteiger partial charge on any atom is -0.490 e. The Morgan fingerprint density at radius 3 is 2.80 bits per heavy atom. The van der Waals surface area contributed by atoms with Crippen LogP contribution in [-0.4, -0.2) is 26.6 Å². The van der Waals surface area contributed by atoms with Crippen molar-refractivity contribution in [2.24, 2.45) is 0 Å². The Bertz CT molecular complexity index is 355. The average molecular weight is 247 g/mol. The quantitative estimate of drug-likeness (QED) is 0.451. The highest BCUT2D eigenvalue weighted by atomic mass is 35.5. The smallest absolute Gasteiger partial charge is 0.152 e. The standard InChI is InChI=1S/C10H12ClO3P/c1-13-4-5-14-8-2-3-9(15)7(6-12)10(8)11/h2-3,6H,4-5,15H2,1H3. The number of methoxy groups -OCH3 is 1. The normalized spacial score (nSPS) is 10.1. The van der Waals surface area contributed by atoms with E-state index in [1.165, 1.54) is 0 Å². The lowest BCUT2D eigenvalue weighted by molar-refractivity contribution is 0.112. The van der Waals surface area contributed by atoms with E-state index in [-0.39, 0.29) is 0 Å². The van der Waals surface area contributed by atoms with Gasteiger partial charge in [0.05, 0.1) is 11.6 Å². The molecule has 0 N–H and O–H groups in total. The van der Waals surface area contributed by atoms with Crippen molar-refractivity contribution in [3.8, 4) is 5.75 Å². The summed E-state index contributed by atoms with van der Waals surface area (Å²) in [6, 6.07) is 3.50. The van der Waals surface area contributed by atoms with Crippen molar-refractivity contribution in [1.82, 2.24) is 0 Å². The summed E-state index contributed by atoms with van der Waals surface area (Å²) in [5.41, 5.74) is 0.441. The molecule has 3 nitrogen and oxygen atoms in total. The van der Waals surface area contributed by atoms with Gasteiger partial charge in [-0.05, 0) is 11.4 Å². The van der Waals surface area contributed by atoms with Gasteiger partial charge in [-0.25, -0.2) is 0 Å². The molecule has 0 aliphatic rings. The molecule has 0 fully saturated rings. The van der Waals surface area contributed by atoms with Gasteiger partial charge < -0.3 is 9.47 Å². The number of ether oxygens (including phenoxy) is 2. The van der Waals surface area contributed by atoms with Crippen LogP contribution in [0.4, 0.5) is 0 Å². The lowest BCUT2D eigenvalue weighted by atomic mass is 10.2. The Balaban J connectivity index is 2.85. The molecule has 0 aliphatic carbocycles. The molecule has 0 bridgehead atoms. The van der Waals surface area contributed by atoms with Crippen molar-refractivity contribution in [3.05, 3.63) is 22.7 Å². The van der Waals surface area contributed by atoms with Crippen LogP contribution < -0.4 is 10.0 Å². The second-order valence-electron chi connectivity index (χ2n) is 2.84. The maximum atomic E-state index is 10.8. The highest BCUT2D eigenvalue weighted by molar-refractivity contribution is 7.27. The van der Waals surface area contributed by atoms with E-state index < -0.39 is 0 Å². The van der Waals surface area contributed by atoms with Gasteiger partial charge in [0.15, 0.2) is 6.29 Å². The summed E-state index contributed by atoms with van der Waals surface area (Å²) < 4.78 is 10.2. The minimum atomic E-state index is 0.341. The fraction of sp³-hybridized carbons (Fsp3) is 0.300. The van der Waals surface area contributed by atoms with Gasteiger partial charge in [0.1, 0.15) is 12.4 Å². The first kappa shape index (κ1) is 12.4. The van der Waals surface area contributed by atoms with Crippen LogP contribution >= 0.6 is 20.8 Å². The molecule has 1 aromatic rings. The summed E-state index contributed by atoms with van der Waals surface area (Å²) in [6.45, 7) is 0.889. The third-order valence-electron chi connectivity index (χ3n) is 1.84. The lowest BCUT2D eigenvalue weighted by Gasteiger charge is -2.09. The molecule has 0 amide bonds. The van der Waals surface area contributed by atoms with Crippen molar-refractivity contribution in [2.45, 2.75) is 0 Å². The lowest BCUT2D eigenvalue weighted by Crippen LogP contribution is -2.08. The van der Waals surface area contributed by atoms with Crippen LogP contribution in [0.1, 0.15) is 10.4 Å². The predicted molar refractivity (Wildman–Crippen MR) is 63.6 cm³/mol. The molecule has 82 valence electrons. The van der Waals surface area contributed by atoms with Crippen LogP contribution in [0.3, 0.4) is 0 Å². The molecule has 0 aliphatic heterocycles. The molecule has 15 heavy (non-hydrogen) atoms. The van der Waals surface area contributed by atoms with Crippen LogP contribution in [0.15, 0.2) is 12.1 Å². The summed E-state index contributed by atoms with van der Waals surface area (Å²) in [7, 11) is 4.04. The molecule has 0 spiro atoms. The summed E-state index contributed by atoms with van der Waals surface area (Å²) in [6.07, 6.45) is 0.716. The number of carbonyl (C=O) groups is 1. The van der Waals surface area contributed by atoms with Gasteiger partial charge in [0, 0.05) is 12.7 Å². The second kappa shape index (κ2) is 6.06. The van der Waals surface area contributed by atoms with E-state index in [4.69, 9.17) is 21.1 Å². The third kappa shape index (κ3) is 3.16. The largest absolute Gasteiger partial charge is 0.490 e. The van der Waals surface area contributed by atoms with Gasteiger partial charge in [-0.2, -0.15) is 0 Å². The summed E-state index contributed by atoms with van der Waals surface area (Å²) in [4.78, 5) is 10.8. The molecule has 5 heteroatoms. The Morgan fingerprint density at radius 2 is 2.20 bits per heavy atom. The van der Waals surface area contributed by atoms with E-state index in [0.717, 1.165) is 5.30 Å². The van der Waals surface area contributed by atoms with E-state index >= 15 is 0 Å². The van der Waals surface area contributed by atoms with E-state index in [1.54, 1.807) is 19.2 Å². The second-order valence-corrected chi connectivity index (χ2v) is 3.84. The maximum Gasteiger partial charge on any atom is 0.152 e. The highest BCUT2D eigenvalue weighted by Crippen LogP contribution is 2.26. The number of halogens is 1. The summed E-state index contributed by atoms with van der Waals surface area (Å²) >= 11 is 5.98. The molecule has 0 aromatic heterocycles. The number of rotatable bonds is 5. The maximum absolute atomic E-state index is 10.8. The zero-order valence-corrected chi connectivity index (χ0v) is 10.2. The van der Waals surface area contributed by atoms with Gasteiger partial charge in [0.2, 0.25) is 0 Å². The van der Waals surface area contributed by atoms with Crippen molar-refractivity contribution in [3.63, 3.8) is 0 Å². The zero-order valence-electron chi connectivity index (χ0n) is 8.33. The molecule has 1 unspecified atom stereocenters. The van der Waals surface area contributed by atoms with E-state index in [2.05, 4.69) is 9.24 Å². The molecular weight excluding hydrogens is 235 g/mol. The molecular formula is C10H12ClO3P. The zero-order chi connectivity index (χ0) is 11.3. The number of hydrogen-bond donors (Lipinski definition) is 0. The first-order valence-corrected chi connectivity index (χ1v) is 5.31.